The molecule has 3 rings (SSSR count). The molecular formula is C16H19ClN6O2. The summed E-state index contributed by atoms with van der Waals surface area (Å²) in [7, 11) is 0. The van der Waals surface area contributed by atoms with Crippen molar-refractivity contribution in [3.8, 4) is 0 Å². The van der Waals surface area contributed by atoms with Crippen molar-refractivity contribution in [1.82, 2.24) is 25.9 Å². The van der Waals surface area contributed by atoms with Crippen molar-refractivity contribution in [3.63, 3.8) is 0 Å². The van der Waals surface area contributed by atoms with Crippen molar-refractivity contribution < 1.29 is 9.59 Å². The van der Waals surface area contributed by atoms with Crippen LogP contribution in [-0.4, -0.2) is 45.5 Å². The molecule has 2 heterocycles. The number of amides is 2. The van der Waals surface area contributed by atoms with Gasteiger partial charge in [0.15, 0.2) is 5.82 Å². The summed E-state index contributed by atoms with van der Waals surface area (Å²) in [4.78, 5) is 26.4. The lowest BCUT2D eigenvalue weighted by atomic mass is 9.86. The molecule has 0 unspecified atom stereocenters. The van der Waals surface area contributed by atoms with Gasteiger partial charge in [-0.15, -0.1) is 10.2 Å². The maximum atomic E-state index is 12.7. The summed E-state index contributed by atoms with van der Waals surface area (Å²) in [6.45, 7) is 4.14. The average molecular weight is 363 g/mol. The van der Waals surface area contributed by atoms with Gasteiger partial charge in [0, 0.05) is 23.7 Å². The smallest absolute Gasteiger partial charge is 0.240 e. The molecule has 0 saturated carbocycles. The molecule has 2 amide bonds. The zero-order valence-electron chi connectivity index (χ0n) is 14.0. The van der Waals surface area contributed by atoms with E-state index in [1.807, 2.05) is 13.8 Å². The molecule has 132 valence electrons. The fourth-order valence-corrected chi connectivity index (χ4v) is 3.10. The first-order chi connectivity index (χ1) is 11.9. The average Bonchev–Trinajstić information content (AvgIpc) is 3.14. The fraction of sp³-hybridized carbons (Fsp3) is 0.438. The Morgan fingerprint density at radius 3 is 2.92 bits per heavy atom. The van der Waals surface area contributed by atoms with Gasteiger partial charge in [-0.2, -0.15) is 5.21 Å². The van der Waals surface area contributed by atoms with Gasteiger partial charge in [0.25, 0.3) is 0 Å². The summed E-state index contributed by atoms with van der Waals surface area (Å²) in [5, 5.41) is 17.0. The van der Waals surface area contributed by atoms with Crippen LogP contribution in [0.15, 0.2) is 18.2 Å². The Morgan fingerprint density at radius 1 is 1.40 bits per heavy atom. The molecule has 1 aliphatic heterocycles. The summed E-state index contributed by atoms with van der Waals surface area (Å²) >= 11 is 6.05. The third kappa shape index (κ3) is 3.48. The number of carbonyl (C=O) groups excluding carboxylic acids is 2. The van der Waals surface area contributed by atoms with Crippen LogP contribution in [0.4, 0.5) is 5.69 Å². The minimum absolute atomic E-state index is 0.0148. The van der Waals surface area contributed by atoms with E-state index >= 15 is 0 Å². The number of nitrogens with one attached hydrogen (secondary N) is 2. The van der Waals surface area contributed by atoms with E-state index in [0.29, 0.717) is 30.2 Å². The molecule has 0 bridgehead atoms. The molecule has 0 fully saturated rings. The van der Waals surface area contributed by atoms with Gasteiger partial charge in [0.2, 0.25) is 11.8 Å². The third-order valence-corrected chi connectivity index (χ3v) is 4.53. The highest BCUT2D eigenvalue weighted by Crippen LogP contribution is 2.42. The number of carbonyl (C=O) groups is 2. The number of anilines is 1. The zero-order chi connectivity index (χ0) is 18.0. The van der Waals surface area contributed by atoms with Crippen LogP contribution >= 0.6 is 11.6 Å². The molecule has 2 N–H and O–H groups in total. The Kier molecular flexibility index (Phi) is 4.71. The van der Waals surface area contributed by atoms with E-state index in [2.05, 4.69) is 25.9 Å². The number of tetrazole rings is 1. The van der Waals surface area contributed by atoms with E-state index in [1.54, 1.807) is 18.2 Å². The van der Waals surface area contributed by atoms with Gasteiger partial charge in [-0.25, -0.2) is 0 Å². The number of hydrogen-bond acceptors (Lipinski definition) is 5. The van der Waals surface area contributed by atoms with Crippen LogP contribution in [0, 0.1) is 0 Å². The minimum Gasteiger partial charge on any atom is -0.355 e. The molecule has 0 atom stereocenters. The Bertz CT molecular complexity index is 790. The zero-order valence-corrected chi connectivity index (χ0v) is 14.8. The van der Waals surface area contributed by atoms with E-state index in [-0.39, 0.29) is 18.4 Å². The van der Waals surface area contributed by atoms with E-state index in [4.69, 9.17) is 11.6 Å². The molecule has 8 nitrogen and oxygen atoms in total. The first-order valence-corrected chi connectivity index (χ1v) is 8.38. The van der Waals surface area contributed by atoms with Crippen LogP contribution < -0.4 is 10.2 Å². The number of hydrogen-bond donors (Lipinski definition) is 2. The Hall–Kier alpha value is -2.48. The second-order valence-corrected chi connectivity index (χ2v) is 6.90. The second-order valence-electron chi connectivity index (χ2n) is 6.46. The maximum absolute atomic E-state index is 12.7. The number of halogens is 1. The molecular weight excluding hydrogens is 344 g/mol. The van der Waals surface area contributed by atoms with Crippen LogP contribution in [0.25, 0.3) is 0 Å². The molecule has 25 heavy (non-hydrogen) atoms. The Morgan fingerprint density at radius 2 is 2.20 bits per heavy atom. The second kappa shape index (κ2) is 6.79. The van der Waals surface area contributed by atoms with Crippen LogP contribution in [-0.2, 0) is 21.4 Å². The van der Waals surface area contributed by atoms with Crippen LogP contribution in [0.1, 0.15) is 31.7 Å². The molecule has 0 spiro atoms. The molecule has 0 radical (unpaired) electrons. The summed E-state index contributed by atoms with van der Waals surface area (Å²) < 4.78 is 0. The lowest BCUT2D eigenvalue weighted by Crippen LogP contribution is -2.43. The quantitative estimate of drug-likeness (QED) is 0.752. The van der Waals surface area contributed by atoms with Gasteiger partial charge in [-0.1, -0.05) is 16.8 Å². The molecule has 9 heteroatoms. The number of aryl methyl sites for hydroxylation is 1. The highest BCUT2D eigenvalue weighted by Gasteiger charge is 2.44. The molecule has 1 aromatic heterocycles. The van der Waals surface area contributed by atoms with Crippen molar-refractivity contribution in [2.75, 3.05) is 18.0 Å². The van der Waals surface area contributed by atoms with Gasteiger partial charge in [-0.3, -0.25) is 9.59 Å². The Labute approximate surface area is 149 Å². The third-order valence-electron chi connectivity index (χ3n) is 4.29. The van der Waals surface area contributed by atoms with Crippen molar-refractivity contribution in [2.45, 2.75) is 32.1 Å². The van der Waals surface area contributed by atoms with Gasteiger partial charge in [0.1, 0.15) is 6.54 Å². The predicted octanol–water partition coefficient (Wildman–Crippen LogP) is 1.23. The molecule has 0 aliphatic carbocycles. The number of nitrogens with zero attached hydrogens (tertiary/aromatic N) is 4. The van der Waals surface area contributed by atoms with Gasteiger partial charge in [0.05, 0.1) is 5.41 Å². The monoisotopic (exact) mass is 362 g/mol. The van der Waals surface area contributed by atoms with Gasteiger partial charge >= 0.3 is 0 Å². The number of H-pyrrole nitrogens is 1. The van der Waals surface area contributed by atoms with Crippen LogP contribution in [0.3, 0.4) is 0 Å². The highest BCUT2D eigenvalue weighted by atomic mass is 35.5. The summed E-state index contributed by atoms with van der Waals surface area (Å²) in [5.74, 6) is 0.295. The van der Waals surface area contributed by atoms with Crippen molar-refractivity contribution >= 4 is 29.1 Å². The van der Waals surface area contributed by atoms with E-state index in [1.165, 1.54) is 4.90 Å². The fourth-order valence-electron chi connectivity index (χ4n) is 2.93. The highest BCUT2D eigenvalue weighted by molar-refractivity contribution is 6.31. The predicted molar refractivity (Wildman–Crippen MR) is 92.3 cm³/mol. The molecule has 1 aromatic carbocycles. The topological polar surface area (TPSA) is 104 Å². The van der Waals surface area contributed by atoms with Gasteiger partial charge < -0.3 is 10.2 Å². The first kappa shape index (κ1) is 17.3. The number of aromatic nitrogens is 4. The summed E-state index contributed by atoms with van der Waals surface area (Å²) in [5.41, 5.74) is 0.885. The van der Waals surface area contributed by atoms with Crippen molar-refractivity contribution in [2.24, 2.45) is 0 Å². The number of rotatable bonds is 6. The summed E-state index contributed by atoms with van der Waals surface area (Å²) in [6, 6.07) is 5.30. The Balaban J connectivity index is 1.59. The van der Waals surface area contributed by atoms with Crippen molar-refractivity contribution in [1.29, 1.82) is 0 Å². The van der Waals surface area contributed by atoms with E-state index < -0.39 is 5.41 Å². The summed E-state index contributed by atoms with van der Waals surface area (Å²) in [6.07, 6.45) is 1.31. The standard InChI is InChI=1S/C16H19ClN6O2/c1-16(2)11-8-10(17)5-6-12(11)23(15(16)25)9-14(24)18-7-3-4-13-19-21-22-20-13/h5-6,8H,3-4,7,9H2,1-2H3,(H,18,24)(H,19,20,21,22). The largest absolute Gasteiger partial charge is 0.355 e. The molecule has 2 aromatic rings. The van der Waals surface area contributed by atoms with E-state index in [0.717, 1.165) is 11.3 Å². The van der Waals surface area contributed by atoms with Crippen molar-refractivity contribution in [3.05, 3.63) is 34.6 Å². The maximum Gasteiger partial charge on any atom is 0.240 e. The number of benzene rings is 1. The lowest BCUT2D eigenvalue weighted by Gasteiger charge is -2.20. The number of aromatic amines is 1. The SMILES string of the molecule is CC1(C)C(=O)N(CC(=O)NCCCc2nn[nH]n2)c2ccc(Cl)cc21. The number of fused-ring (bicyclic) bond motifs is 1. The normalized spacial score (nSPS) is 15.3. The van der Waals surface area contributed by atoms with Gasteiger partial charge in [-0.05, 0) is 44.0 Å². The first-order valence-electron chi connectivity index (χ1n) is 8.00. The van der Waals surface area contributed by atoms with E-state index in [9.17, 15) is 9.59 Å². The molecule has 0 saturated heterocycles. The lowest BCUT2D eigenvalue weighted by molar-refractivity contribution is -0.125. The molecule has 1 aliphatic rings. The minimum atomic E-state index is -0.695. The van der Waals surface area contributed by atoms with Crippen LogP contribution in [0.5, 0.6) is 0 Å². The van der Waals surface area contributed by atoms with Crippen LogP contribution in [0.2, 0.25) is 5.02 Å².